The monoisotopic (exact) mass is 417 g/mol. The lowest BCUT2D eigenvalue weighted by atomic mass is 10.0. The van der Waals surface area contributed by atoms with Crippen LogP contribution in [0.5, 0.6) is 11.6 Å². The summed E-state index contributed by atoms with van der Waals surface area (Å²) in [6.45, 7) is -0.368. The van der Waals surface area contributed by atoms with Crippen molar-refractivity contribution in [3.8, 4) is 11.6 Å². The number of aromatic nitrogens is 1. The summed E-state index contributed by atoms with van der Waals surface area (Å²) in [5.41, 5.74) is 0.569. The van der Waals surface area contributed by atoms with Crippen LogP contribution in [0.25, 0.3) is 10.8 Å². The lowest BCUT2D eigenvalue weighted by Crippen LogP contribution is -2.03. The van der Waals surface area contributed by atoms with E-state index in [-0.39, 0.29) is 22.9 Å². The molecule has 1 aromatic heterocycles. The Labute approximate surface area is 166 Å². The first kappa shape index (κ1) is 19.1. The fourth-order valence-electron chi connectivity index (χ4n) is 3.00. The Hall–Kier alpha value is -3.26. The molecular weight excluding hydrogens is 403 g/mol. The molecule has 0 radical (unpaired) electrons. The molecule has 29 heavy (non-hydrogen) atoms. The first-order valence-corrected chi connectivity index (χ1v) is 9.40. The number of thiazole rings is 1. The summed E-state index contributed by atoms with van der Waals surface area (Å²) in [5, 5.41) is 11.5. The maximum absolute atomic E-state index is 13.7. The molecule has 0 bridgehead atoms. The van der Waals surface area contributed by atoms with Gasteiger partial charge in [-0.1, -0.05) is 35.6 Å². The van der Waals surface area contributed by atoms with Gasteiger partial charge in [-0.25, -0.2) is 13.2 Å². The molecule has 0 atom stereocenters. The molecule has 0 saturated heterocycles. The number of ether oxygens (including phenoxy) is 1. The van der Waals surface area contributed by atoms with Crippen molar-refractivity contribution in [3.63, 3.8) is 0 Å². The Morgan fingerprint density at radius 2 is 1.66 bits per heavy atom. The highest BCUT2D eigenvalue weighted by Crippen LogP contribution is 2.26. The number of H-pyrrole nitrogens is 1. The minimum Gasteiger partial charge on any atom is -0.494 e. The molecule has 1 heterocycles. The molecule has 148 valence electrons. The lowest BCUT2D eigenvalue weighted by Gasteiger charge is -2.10. The Kier molecular flexibility index (Phi) is 5.02. The number of fused-ring (bicyclic) bond motifs is 1. The van der Waals surface area contributed by atoms with Crippen LogP contribution in [0.15, 0.2) is 53.3 Å². The molecule has 4 nitrogen and oxygen atoms in total. The largest absolute Gasteiger partial charge is 0.494 e. The minimum absolute atomic E-state index is 0.121. The summed E-state index contributed by atoms with van der Waals surface area (Å²) < 4.78 is 45.9. The highest BCUT2D eigenvalue weighted by molar-refractivity contribution is 7.09. The molecular formula is C21H14F3NO3S. The highest BCUT2D eigenvalue weighted by atomic mass is 32.1. The fraction of sp³-hybridized carbons (Fsp3) is 0.0952. The molecule has 0 aliphatic carbocycles. The van der Waals surface area contributed by atoms with Crippen LogP contribution in [0.4, 0.5) is 13.2 Å². The second kappa shape index (κ2) is 7.63. The van der Waals surface area contributed by atoms with Crippen LogP contribution < -0.4 is 9.61 Å². The van der Waals surface area contributed by atoms with Crippen LogP contribution in [-0.4, -0.2) is 10.1 Å². The van der Waals surface area contributed by atoms with E-state index in [1.807, 2.05) is 18.2 Å². The predicted octanol–water partition coefficient (Wildman–Crippen LogP) is 4.88. The molecule has 0 fully saturated rings. The average Bonchev–Trinajstić information content (AvgIpc) is 2.97. The van der Waals surface area contributed by atoms with Gasteiger partial charge < -0.3 is 9.84 Å². The van der Waals surface area contributed by atoms with Crippen LogP contribution in [0, 0.1) is 17.5 Å². The van der Waals surface area contributed by atoms with Gasteiger partial charge in [0.2, 0.25) is 5.88 Å². The first-order valence-electron chi connectivity index (χ1n) is 8.59. The zero-order valence-electron chi connectivity index (χ0n) is 14.8. The number of nitrogens with one attached hydrogen (secondary N) is 1. The van der Waals surface area contributed by atoms with Crippen molar-refractivity contribution >= 4 is 22.1 Å². The van der Waals surface area contributed by atoms with E-state index in [1.54, 1.807) is 18.2 Å². The third kappa shape index (κ3) is 4.12. The molecule has 2 N–H and O–H groups in total. The number of aromatic amines is 1. The van der Waals surface area contributed by atoms with Crippen molar-refractivity contribution in [1.82, 2.24) is 4.98 Å². The van der Waals surface area contributed by atoms with Crippen molar-refractivity contribution in [2.45, 2.75) is 13.0 Å². The van der Waals surface area contributed by atoms with Crippen LogP contribution in [0.1, 0.15) is 16.0 Å². The predicted molar refractivity (Wildman–Crippen MR) is 104 cm³/mol. The Morgan fingerprint density at radius 1 is 0.966 bits per heavy atom. The van der Waals surface area contributed by atoms with E-state index in [0.717, 1.165) is 27.7 Å². The Balaban J connectivity index is 1.53. The standard InChI is InChI=1S/C21H14F3NO3S/c22-14-8-17(23)16(18(24)9-14)10-28-15-4-3-12-5-11(1-2-13(12)7-15)6-19-20(26)25-21(27)29-19/h1-5,7-9,26H,6,10H2,(H,25,27). The molecule has 0 aliphatic heterocycles. The molecule has 0 saturated carbocycles. The van der Waals surface area contributed by atoms with Gasteiger partial charge in [0.1, 0.15) is 29.8 Å². The molecule has 8 heteroatoms. The maximum Gasteiger partial charge on any atom is 0.307 e. The van der Waals surface area contributed by atoms with Crippen LogP contribution in [0.2, 0.25) is 0 Å². The number of rotatable bonds is 5. The van der Waals surface area contributed by atoms with E-state index in [2.05, 4.69) is 4.98 Å². The number of hydrogen-bond acceptors (Lipinski definition) is 4. The van der Waals surface area contributed by atoms with Gasteiger partial charge in [0.05, 0.1) is 10.4 Å². The van der Waals surface area contributed by atoms with Gasteiger partial charge in [-0.15, -0.1) is 0 Å². The molecule has 4 aromatic rings. The number of aromatic hydroxyl groups is 1. The van der Waals surface area contributed by atoms with Gasteiger partial charge in [0, 0.05) is 18.6 Å². The van der Waals surface area contributed by atoms with Crippen LogP contribution in [-0.2, 0) is 13.0 Å². The third-order valence-corrected chi connectivity index (χ3v) is 5.30. The van der Waals surface area contributed by atoms with Gasteiger partial charge in [-0.05, 0) is 28.5 Å². The summed E-state index contributed by atoms with van der Waals surface area (Å²) >= 11 is 0.959. The van der Waals surface area contributed by atoms with E-state index in [1.165, 1.54) is 0 Å². The average molecular weight is 417 g/mol. The van der Waals surface area contributed by atoms with Gasteiger partial charge in [-0.3, -0.25) is 9.78 Å². The Morgan fingerprint density at radius 3 is 2.34 bits per heavy atom. The lowest BCUT2D eigenvalue weighted by molar-refractivity contribution is 0.292. The second-order valence-corrected chi connectivity index (χ2v) is 7.51. The van der Waals surface area contributed by atoms with Crippen molar-refractivity contribution < 1.29 is 23.0 Å². The van der Waals surface area contributed by atoms with E-state index in [4.69, 9.17) is 4.74 Å². The van der Waals surface area contributed by atoms with E-state index < -0.39 is 17.5 Å². The Bertz CT molecular complexity index is 1240. The van der Waals surface area contributed by atoms with E-state index in [9.17, 15) is 23.1 Å². The summed E-state index contributed by atoms with van der Waals surface area (Å²) in [5.74, 6) is -2.68. The third-order valence-electron chi connectivity index (χ3n) is 4.43. The quantitative estimate of drug-likeness (QED) is 0.486. The van der Waals surface area contributed by atoms with E-state index in [0.29, 0.717) is 29.2 Å². The zero-order chi connectivity index (χ0) is 20.5. The maximum atomic E-state index is 13.7. The van der Waals surface area contributed by atoms with Crippen LogP contribution in [0.3, 0.4) is 0 Å². The minimum atomic E-state index is -0.997. The smallest absolute Gasteiger partial charge is 0.307 e. The number of hydrogen-bond donors (Lipinski definition) is 2. The van der Waals surface area contributed by atoms with Gasteiger partial charge in [-0.2, -0.15) is 0 Å². The molecule has 0 spiro atoms. The first-order chi connectivity index (χ1) is 13.9. The van der Waals surface area contributed by atoms with E-state index >= 15 is 0 Å². The zero-order valence-corrected chi connectivity index (χ0v) is 15.7. The summed E-state index contributed by atoms with van der Waals surface area (Å²) in [6, 6.07) is 12.0. The van der Waals surface area contributed by atoms with Gasteiger partial charge in [0.25, 0.3) is 0 Å². The normalized spacial score (nSPS) is 11.1. The van der Waals surface area contributed by atoms with Crippen LogP contribution >= 0.6 is 11.3 Å². The number of halogens is 3. The highest BCUT2D eigenvalue weighted by Gasteiger charge is 2.13. The fourth-order valence-corrected chi connectivity index (χ4v) is 3.75. The van der Waals surface area contributed by atoms with Crippen molar-refractivity contribution in [1.29, 1.82) is 0 Å². The molecule has 0 aliphatic rings. The topological polar surface area (TPSA) is 62.3 Å². The SMILES string of the molecule is O=c1[nH]c(O)c(Cc2ccc3cc(OCc4c(F)cc(F)cc4F)ccc3c2)s1. The summed E-state index contributed by atoms with van der Waals surface area (Å²) in [4.78, 5) is 13.9. The van der Waals surface area contributed by atoms with Crippen molar-refractivity contribution in [2.24, 2.45) is 0 Å². The van der Waals surface area contributed by atoms with Gasteiger partial charge in [0.15, 0.2) is 0 Å². The summed E-state index contributed by atoms with van der Waals surface area (Å²) in [7, 11) is 0. The molecule has 0 unspecified atom stereocenters. The molecule has 3 aromatic carbocycles. The second-order valence-electron chi connectivity index (χ2n) is 6.44. The molecule has 4 rings (SSSR count). The van der Waals surface area contributed by atoms with Crippen molar-refractivity contribution in [2.75, 3.05) is 0 Å². The molecule has 0 amide bonds. The summed E-state index contributed by atoms with van der Waals surface area (Å²) in [6.07, 6.45) is 0.409. The number of benzene rings is 3. The van der Waals surface area contributed by atoms with Gasteiger partial charge >= 0.3 is 4.87 Å². The van der Waals surface area contributed by atoms with Crippen molar-refractivity contribution in [3.05, 3.63) is 91.7 Å².